The van der Waals surface area contributed by atoms with Gasteiger partial charge in [0.15, 0.2) is 11.4 Å². The number of nitroso groups, excluding NO2 is 1. The number of hydrogen-bond donors (Lipinski definition) is 3. The molecule has 1 aromatic heterocycles. The van der Waals surface area contributed by atoms with Crippen LogP contribution in [-0.4, -0.2) is 21.7 Å². The summed E-state index contributed by atoms with van der Waals surface area (Å²) in [7, 11) is 0. The van der Waals surface area contributed by atoms with Crippen molar-refractivity contribution in [3.8, 4) is 22.6 Å². The zero-order chi connectivity index (χ0) is 28.2. The van der Waals surface area contributed by atoms with Crippen LogP contribution in [0.4, 0.5) is 11.4 Å². The van der Waals surface area contributed by atoms with Crippen molar-refractivity contribution in [2.45, 2.75) is 25.7 Å². The molecule has 0 aliphatic rings. The molecule has 6 rings (SSSR count). The molecular weight excluding hydrogens is 530 g/mol. The van der Waals surface area contributed by atoms with Crippen molar-refractivity contribution in [2.24, 2.45) is 5.18 Å². The standard InChI is InChI=1S/C34H29N3O3S/c38-33-26-10-4-5-11-27(26)34(39)32(37-40)31(33)35-20-6-9-23-12-15-24(16-13-23)25-17-18-29-28(21-25)36-30(41-29)19-14-22-7-2-1-3-8-22/h1-5,7-8,10-13,15-18,21,35,38-39H,6,9,14,19-20H2. The summed E-state index contributed by atoms with van der Waals surface area (Å²) in [6.45, 7) is 0.503. The number of nitrogens with zero attached hydrogens (tertiary/aromatic N) is 2. The topological polar surface area (TPSA) is 94.8 Å². The maximum absolute atomic E-state index is 11.4. The van der Waals surface area contributed by atoms with Gasteiger partial charge < -0.3 is 15.5 Å². The van der Waals surface area contributed by atoms with Crippen LogP contribution in [-0.2, 0) is 19.3 Å². The lowest BCUT2D eigenvalue weighted by Crippen LogP contribution is -2.04. The van der Waals surface area contributed by atoms with E-state index in [1.54, 1.807) is 35.6 Å². The molecule has 0 aliphatic heterocycles. The van der Waals surface area contributed by atoms with E-state index in [0.29, 0.717) is 17.3 Å². The summed E-state index contributed by atoms with van der Waals surface area (Å²) < 4.78 is 1.21. The van der Waals surface area contributed by atoms with Gasteiger partial charge in [0, 0.05) is 23.7 Å². The number of hydrogen-bond acceptors (Lipinski definition) is 7. The van der Waals surface area contributed by atoms with Gasteiger partial charge in [-0.2, -0.15) is 0 Å². The van der Waals surface area contributed by atoms with Gasteiger partial charge in [0.05, 0.1) is 15.2 Å². The molecule has 7 heteroatoms. The van der Waals surface area contributed by atoms with E-state index in [0.717, 1.165) is 47.3 Å². The number of rotatable bonds is 10. The van der Waals surface area contributed by atoms with Crippen molar-refractivity contribution in [3.63, 3.8) is 0 Å². The highest BCUT2D eigenvalue weighted by molar-refractivity contribution is 7.18. The van der Waals surface area contributed by atoms with Crippen molar-refractivity contribution in [1.29, 1.82) is 0 Å². The van der Waals surface area contributed by atoms with Gasteiger partial charge in [-0.15, -0.1) is 16.2 Å². The second kappa shape index (κ2) is 11.8. The lowest BCUT2D eigenvalue weighted by Gasteiger charge is -2.14. The van der Waals surface area contributed by atoms with Gasteiger partial charge in [0.25, 0.3) is 0 Å². The molecule has 0 amide bonds. The van der Waals surface area contributed by atoms with Crippen molar-refractivity contribution in [3.05, 3.63) is 118 Å². The maximum atomic E-state index is 11.4. The first kappa shape index (κ1) is 26.5. The number of aromatic hydroxyl groups is 2. The quantitative estimate of drug-likeness (QED) is 0.0675. The van der Waals surface area contributed by atoms with Crippen molar-refractivity contribution in [2.75, 3.05) is 11.9 Å². The van der Waals surface area contributed by atoms with Crippen molar-refractivity contribution >= 4 is 43.7 Å². The Morgan fingerprint density at radius 3 is 2.17 bits per heavy atom. The number of thiazole rings is 1. The van der Waals surface area contributed by atoms with Crippen LogP contribution >= 0.6 is 11.3 Å². The average Bonchev–Trinajstić information content (AvgIpc) is 3.44. The highest BCUT2D eigenvalue weighted by Crippen LogP contribution is 2.48. The largest absolute Gasteiger partial charge is 0.505 e. The number of aromatic nitrogens is 1. The number of phenols is 2. The van der Waals surface area contributed by atoms with Crippen LogP contribution in [0.15, 0.2) is 102 Å². The molecule has 0 fully saturated rings. The third kappa shape index (κ3) is 5.62. The zero-order valence-electron chi connectivity index (χ0n) is 22.4. The monoisotopic (exact) mass is 559 g/mol. The van der Waals surface area contributed by atoms with Crippen LogP contribution in [0.25, 0.3) is 32.1 Å². The molecule has 0 saturated heterocycles. The Morgan fingerprint density at radius 2 is 1.41 bits per heavy atom. The van der Waals surface area contributed by atoms with E-state index in [2.05, 4.69) is 77.2 Å². The molecule has 41 heavy (non-hydrogen) atoms. The van der Waals surface area contributed by atoms with Crippen molar-refractivity contribution in [1.82, 2.24) is 4.98 Å². The van der Waals surface area contributed by atoms with Crippen LogP contribution in [0.2, 0.25) is 0 Å². The minimum atomic E-state index is -0.231. The number of benzene rings is 5. The van der Waals surface area contributed by atoms with Crippen LogP contribution in [0, 0.1) is 4.91 Å². The summed E-state index contributed by atoms with van der Waals surface area (Å²) in [6, 6.07) is 32.4. The Hall–Kier alpha value is -4.75. The maximum Gasteiger partial charge on any atom is 0.177 e. The molecule has 0 saturated carbocycles. The normalized spacial score (nSPS) is 11.2. The molecule has 0 atom stereocenters. The van der Waals surface area contributed by atoms with E-state index in [4.69, 9.17) is 4.98 Å². The van der Waals surface area contributed by atoms with E-state index in [9.17, 15) is 15.1 Å². The summed E-state index contributed by atoms with van der Waals surface area (Å²) in [6.07, 6.45) is 3.51. The fraction of sp³-hybridized carbons (Fsp3) is 0.147. The smallest absolute Gasteiger partial charge is 0.177 e. The first-order valence-electron chi connectivity index (χ1n) is 13.7. The predicted molar refractivity (Wildman–Crippen MR) is 168 cm³/mol. The molecule has 0 spiro atoms. The van der Waals surface area contributed by atoms with Crippen molar-refractivity contribution < 1.29 is 10.2 Å². The first-order valence-corrected chi connectivity index (χ1v) is 14.5. The third-order valence-corrected chi connectivity index (χ3v) is 8.46. The van der Waals surface area contributed by atoms with Gasteiger partial charge in [0.1, 0.15) is 11.4 Å². The molecular formula is C34H29N3O3S. The highest BCUT2D eigenvalue weighted by Gasteiger charge is 2.19. The first-order chi connectivity index (χ1) is 20.1. The molecule has 0 unspecified atom stereocenters. The number of phenolic OH excluding ortho intramolecular Hbond substituents is 2. The third-order valence-electron chi connectivity index (χ3n) is 7.36. The Bertz CT molecular complexity index is 1830. The fourth-order valence-electron chi connectivity index (χ4n) is 5.17. The minimum Gasteiger partial charge on any atom is -0.505 e. The van der Waals surface area contributed by atoms with E-state index in [1.807, 2.05) is 6.07 Å². The number of aryl methyl sites for hydroxylation is 3. The number of fused-ring (bicyclic) bond motifs is 2. The molecule has 204 valence electrons. The zero-order valence-corrected chi connectivity index (χ0v) is 23.2. The number of anilines is 1. The summed E-state index contributed by atoms with van der Waals surface area (Å²) in [5.41, 5.74) is 5.83. The highest BCUT2D eigenvalue weighted by atomic mass is 32.1. The van der Waals surface area contributed by atoms with Gasteiger partial charge in [-0.05, 0) is 58.8 Å². The van der Waals surface area contributed by atoms with Gasteiger partial charge in [-0.1, -0.05) is 84.9 Å². The molecule has 0 bridgehead atoms. The fourth-order valence-corrected chi connectivity index (χ4v) is 6.12. The Balaban J connectivity index is 1.08. The molecule has 0 aliphatic carbocycles. The summed E-state index contributed by atoms with van der Waals surface area (Å²) in [5, 5.41) is 29.3. The average molecular weight is 560 g/mol. The Morgan fingerprint density at radius 1 is 0.732 bits per heavy atom. The molecule has 6 nitrogen and oxygen atoms in total. The van der Waals surface area contributed by atoms with Crippen LogP contribution in [0.1, 0.15) is 22.6 Å². The lowest BCUT2D eigenvalue weighted by molar-refractivity contribution is 0.472. The van der Waals surface area contributed by atoms with E-state index in [-0.39, 0.29) is 22.9 Å². The molecule has 3 N–H and O–H groups in total. The second-order valence-corrected chi connectivity index (χ2v) is 11.2. The van der Waals surface area contributed by atoms with Gasteiger partial charge in [-0.3, -0.25) is 0 Å². The van der Waals surface area contributed by atoms with Crippen LogP contribution in [0.3, 0.4) is 0 Å². The lowest BCUT2D eigenvalue weighted by atomic mass is 10.0. The minimum absolute atomic E-state index is 0.0854. The predicted octanol–water partition coefficient (Wildman–Crippen LogP) is 8.76. The molecule has 5 aromatic carbocycles. The summed E-state index contributed by atoms with van der Waals surface area (Å²) in [5.74, 6) is -0.316. The molecule has 1 heterocycles. The Labute approximate surface area is 241 Å². The molecule has 6 aromatic rings. The van der Waals surface area contributed by atoms with Crippen LogP contribution in [0.5, 0.6) is 11.5 Å². The van der Waals surface area contributed by atoms with E-state index in [1.165, 1.54) is 15.8 Å². The van der Waals surface area contributed by atoms with Gasteiger partial charge in [0.2, 0.25) is 0 Å². The molecule has 0 radical (unpaired) electrons. The van der Waals surface area contributed by atoms with Gasteiger partial charge in [-0.25, -0.2) is 4.98 Å². The number of nitrogens with one attached hydrogen (secondary N) is 1. The Kier molecular flexibility index (Phi) is 7.60. The van der Waals surface area contributed by atoms with Gasteiger partial charge >= 0.3 is 0 Å². The SMILES string of the molecule is O=Nc1c(NCCCc2ccc(-c3ccc4sc(CCc5ccccc5)nc4c3)cc2)c(O)c2ccccc2c1O. The summed E-state index contributed by atoms with van der Waals surface area (Å²) in [4.78, 5) is 16.3. The van der Waals surface area contributed by atoms with E-state index >= 15 is 0 Å². The summed E-state index contributed by atoms with van der Waals surface area (Å²) >= 11 is 1.77. The second-order valence-electron chi connectivity index (χ2n) is 10.1. The van der Waals surface area contributed by atoms with Crippen LogP contribution < -0.4 is 5.32 Å². The van der Waals surface area contributed by atoms with E-state index < -0.39 is 0 Å².